The van der Waals surface area contributed by atoms with Crippen molar-refractivity contribution in [2.75, 3.05) is 0 Å². The molecule has 0 saturated carbocycles. The minimum atomic E-state index is 0.275. The summed E-state index contributed by atoms with van der Waals surface area (Å²) in [6, 6.07) is 22.4. The minimum Gasteiger partial charge on any atom is -0.340 e. The molecular formula is C20H28N+. The van der Waals surface area contributed by atoms with Gasteiger partial charge >= 0.3 is 0 Å². The van der Waals surface area contributed by atoms with Gasteiger partial charge in [0.05, 0.1) is 11.6 Å². The first-order valence-electron chi connectivity index (χ1n) is 7.91. The number of nitrogens with two attached hydrogens (primary N) is 1. The van der Waals surface area contributed by atoms with Crippen molar-refractivity contribution in [3.05, 3.63) is 71.8 Å². The molecule has 1 atom stereocenters. The zero-order chi connectivity index (χ0) is 15.3. The van der Waals surface area contributed by atoms with E-state index < -0.39 is 0 Å². The lowest BCUT2D eigenvalue weighted by Gasteiger charge is -2.26. The zero-order valence-corrected chi connectivity index (χ0v) is 13.7. The third kappa shape index (κ3) is 5.02. The Kier molecular flexibility index (Phi) is 5.19. The Morgan fingerprint density at radius 2 is 1.24 bits per heavy atom. The van der Waals surface area contributed by atoms with E-state index in [0.29, 0.717) is 12.0 Å². The van der Waals surface area contributed by atoms with E-state index in [4.69, 9.17) is 0 Å². The van der Waals surface area contributed by atoms with Crippen molar-refractivity contribution in [1.29, 1.82) is 0 Å². The first kappa shape index (κ1) is 15.8. The molecule has 0 aliphatic carbocycles. The lowest BCUT2D eigenvalue weighted by atomic mass is 9.86. The van der Waals surface area contributed by atoms with Crippen LogP contribution in [0.15, 0.2) is 60.7 Å². The van der Waals surface area contributed by atoms with Gasteiger partial charge in [0.15, 0.2) is 0 Å². The Bertz CT molecular complexity index is 485. The summed E-state index contributed by atoms with van der Waals surface area (Å²) < 4.78 is 0. The first-order chi connectivity index (χ1) is 9.96. The van der Waals surface area contributed by atoms with Crippen molar-refractivity contribution >= 4 is 0 Å². The summed E-state index contributed by atoms with van der Waals surface area (Å²) in [7, 11) is 0. The summed E-state index contributed by atoms with van der Waals surface area (Å²) in [6.07, 6.45) is 1.16. The molecule has 21 heavy (non-hydrogen) atoms. The van der Waals surface area contributed by atoms with Crippen molar-refractivity contribution in [2.24, 2.45) is 0 Å². The highest BCUT2D eigenvalue weighted by molar-refractivity contribution is 5.32. The van der Waals surface area contributed by atoms with E-state index in [0.717, 1.165) is 6.42 Å². The van der Waals surface area contributed by atoms with Gasteiger partial charge in [0.2, 0.25) is 0 Å². The second-order valence-corrected chi connectivity index (χ2v) is 7.12. The predicted molar refractivity (Wildman–Crippen MR) is 90.5 cm³/mol. The number of hydrogen-bond donors (Lipinski definition) is 1. The fourth-order valence-electron chi connectivity index (χ4n) is 3.13. The molecule has 1 nitrogen and oxygen atoms in total. The number of quaternary nitrogens is 1. The van der Waals surface area contributed by atoms with E-state index in [9.17, 15) is 0 Å². The average molecular weight is 282 g/mol. The Balaban J connectivity index is 2.21. The van der Waals surface area contributed by atoms with Crippen LogP contribution in [-0.4, -0.2) is 11.6 Å². The molecule has 2 aromatic carbocycles. The highest BCUT2D eigenvalue weighted by Gasteiger charge is 2.23. The summed E-state index contributed by atoms with van der Waals surface area (Å²) in [5.41, 5.74) is 3.10. The van der Waals surface area contributed by atoms with Gasteiger partial charge in [-0.25, -0.2) is 0 Å². The van der Waals surface area contributed by atoms with E-state index in [2.05, 4.69) is 93.7 Å². The van der Waals surface area contributed by atoms with Crippen LogP contribution in [0.3, 0.4) is 0 Å². The van der Waals surface area contributed by atoms with Crippen LogP contribution in [0.2, 0.25) is 0 Å². The monoisotopic (exact) mass is 282 g/mol. The first-order valence-corrected chi connectivity index (χ1v) is 7.91. The summed E-state index contributed by atoms with van der Waals surface area (Å²) in [5, 5.41) is 2.48. The zero-order valence-electron chi connectivity index (χ0n) is 13.7. The van der Waals surface area contributed by atoms with Crippen LogP contribution in [0.25, 0.3) is 0 Å². The van der Waals surface area contributed by atoms with Crippen molar-refractivity contribution in [1.82, 2.24) is 0 Å². The van der Waals surface area contributed by atoms with Gasteiger partial charge in [-0.05, 0) is 38.8 Å². The van der Waals surface area contributed by atoms with Gasteiger partial charge in [0.25, 0.3) is 0 Å². The molecule has 1 heteroatoms. The van der Waals surface area contributed by atoms with E-state index >= 15 is 0 Å². The molecule has 0 aliphatic rings. The topological polar surface area (TPSA) is 16.6 Å². The second kappa shape index (κ2) is 6.91. The fourth-order valence-corrected chi connectivity index (χ4v) is 3.13. The van der Waals surface area contributed by atoms with Crippen molar-refractivity contribution in [2.45, 2.75) is 51.6 Å². The fraction of sp³-hybridized carbons (Fsp3) is 0.400. The largest absolute Gasteiger partial charge is 0.340 e. The van der Waals surface area contributed by atoms with E-state index in [1.807, 2.05) is 0 Å². The van der Waals surface area contributed by atoms with Crippen molar-refractivity contribution in [3.63, 3.8) is 0 Å². The third-order valence-corrected chi connectivity index (χ3v) is 3.80. The lowest BCUT2D eigenvalue weighted by Crippen LogP contribution is -2.98. The molecule has 2 rings (SSSR count). The average Bonchev–Trinajstić information content (AvgIpc) is 2.45. The van der Waals surface area contributed by atoms with Gasteiger partial charge in [-0.3, -0.25) is 0 Å². The molecule has 0 aromatic heterocycles. The molecule has 2 N–H and O–H groups in total. The Morgan fingerprint density at radius 1 is 0.810 bits per heavy atom. The molecule has 0 radical (unpaired) electrons. The predicted octanol–water partition coefficient (Wildman–Crippen LogP) is 3.96. The normalized spacial score (nSPS) is 13.4. The van der Waals surface area contributed by atoms with Gasteiger partial charge in [-0.1, -0.05) is 60.7 Å². The molecule has 0 aliphatic heterocycles. The number of hydrogen-bond acceptors (Lipinski definition) is 0. The van der Waals surface area contributed by atoms with Crippen LogP contribution >= 0.6 is 0 Å². The third-order valence-electron chi connectivity index (χ3n) is 3.80. The Morgan fingerprint density at radius 3 is 1.62 bits per heavy atom. The van der Waals surface area contributed by atoms with E-state index in [-0.39, 0.29) is 5.54 Å². The quantitative estimate of drug-likeness (QED) is 0.855. The summed E-state index contributed by atoms with van der Waals surface area (Å²) >= 11 is 0. The number of benzene rings is 2. The maximum atomic E-state index is 2.48. The lowest BCUT2D eigenvalue weighted by molar-refractivity contribution is -0.745. The van der Waals surface area contributed by atoms with Crippen LogP contribution in [0, 0.1) is 0 Å². The molecular weight excluding hydrogens is 254 g/mol. The molecule has 0 unspecified atom stereocenters. The molecule has 0 fully saturated rings. The Labute approximate surface area is 129 Å². The summed E-state index contributed by atoms with van der Waals surface area (Å²) in [5.74, 6) is 0.473. The highest BCUT2D eigenvalue weighted by Crippen LogP contribution is 2.28. The minimum absolute atomic E-state index is 0.275. The van der Waals surface area contributed by atoms with E-state index in [1.165, 1.54) is 11.1 Å². The van der Waals surface area contributed by atoms with Crippen LogP contribution in [0.5, 0.6) is 0 Å². The summed E-state index contributed by atoms with van der Waals surface area (Å²) in [6.45, 7) is 9.18. The van der Waals surface area contributed by atoms with Crippen LogP contribution in [-0.2, 0) is 0 Å². The second-order valence-electron chi connectivity index (χ2n) is 7.12. The highest BCUT2D eigenvalue weighted by atomic mass is 15.0. The summed E-state index contributed by atoms with van der Waals surface area (Å²) in [4.78, 5) is 0. The molecule has 0 heterocycles. The Hall–Kier alpha value is -1.60. The molecule has 2 aromatic rings. The van der Waals surface area contributed by atoms with E-state index in [1.54, 1.807) is 0 Å². The standard InChI is InChI=1S/C20H27N/c1-16(21-20(2,3)4)15-19(17-11-7-5-8-12-17)18-13-9-6-10-14-18/h5-14,16,19,21H,15H2,1-4H3/p+1/t16-/m0/s1. The molecule has 0 spiro atoms. The van der Waals surface area contributed by atoms with Gasteiger partial charge in [-0.2, -0.15) is 0 Å². The van der Waals surface area contributed by atoms with Gasteiger partial charge in [0, 0.05) is 12.3 Å². The molecule has 0 bridgehead atoms. The maximum absolute atomic E-state index is 2.48. The molecule has 112 valence electrons. The number of rotatable bonds is 5. The van der Waals surface area contributed by atoms with Crippen LogP contribution in [0.4, 0.5) is 0 Å². The SMILES string of the molecule is C[C@@H](CC(c1ccccc1)c1ccccc1)[NH2+]C(C)(C)C. The maximum Gasteiger partial charge on any atom is 0.0878 e. The van der Waals surface area contributed by atoms with Gasteiger partial charge in [-0.15, -0.1) is 0 Å². The van der Waals surface area contributed by atoms with Crippen molar-refractivity contribution in [3.8, 4) is 0 Å². The van der Waals surface area contributed by atoms with Gasteiger partial charge < -0.3 is 5.32 Å². The van der Waals surface area contributed by atoms with Gasteiger partial charge in [0.1, 0.15) is 0 Å². The van der Waals surface area contributed by atoms with Crippen LogP contribution < -0.4 is 5.32 Å². The molecule has 0 saturated heterocycles. The van der Waals surface area contributed by atoms with Crippen LogP contribution in [0.1, 0.15) is 51.2 Å². The van der Waals surface area contributed by atoms with Crippen molar-refractivity contribution < 1.29 is 5.32 Å². The molecule has 0 amide bonds. The smallest absolute Gasteiger partial charge is 0.0878 e.